The third-order valence-electron chi connectivity index (χ3n) is 7.61. The molecule has 4 heterocycles. The van der Waals surface area contributed by atoms with Gasteiger partial charge in [0.05, 0.1) is 95.5 Å². The number of nitrogens with zero attached hydrogens (tertiary/aromatic N) is 3. The second-order valence-corrected chi connectivity index (χ2v) is 10.3. The summed E-state index contributed by atoms with van der Waals surface area (Å²) in [4.78, 5) is 19.7. The van der Waals surface area contributed by atoms with Gasteiger partial charge in [0.2, 0.25) is 0 Å². The molecule has 1 saturated heterocycles. The fourth-order valence-electron chi connectivity index (χ4n) is 5.50. The molecule has 10 nitrogen and oxygen atoms in total. The lowest BCUT2D eigenvalue weighted by molar-refractivity contribution is -0.0116. The molecule has 43 heavy (non-hydrogen) atoms. The molecular formula is C33H37N3O7. The van der Waals surface area contributed by atoms with E-state index in [0.29, 0.717) is 77.3 Å². The summed E-state index contributed by atoms with van der Waals surface area (Å²) in [7, 11) is 1.40. The van der Waals surface area contributed by atoms with Gasteiger partial charge in [0.1, 0.15) is 5.65 Å². The molecule has 0 bridgehead atoms. The van der Waals surface area contributed by atoms with E-state index in [1.165, 1.54) is 7.11 Å². The van der Waals surface area contributed by atoms with Crippen molar-refractivity contribution < 1.29 is 33.2 Å². The van der Waals surface area contributed by atoms with Crippen LogP contribution in [0.15, 0.2) is 60.7 Å². The fraction of sp³-hybridized carbons (Fsp3) is 0.394. The number of methoxy groups -OCH3 is 1. The van der Waals surface area contributed by atoms with Crippen LogP contribution < -0.4 is 4.90 Å². The Bertz CT molecular complexity index is 1620. The van der Waals surface area contributed by atoms with E-state index >= 15 is 0 Å². The number of pyridine rings is 1. The van der Waals surface area contributed by atoms with Crippen molar-refractivity contribution in [1.82, 2.24) is 9.38 Å². The number of ether oxygens (including phenoxy) is 6. The standard InChI is InChI=1S/C33H37N3O7/c1-38-33(37)25-22-29-27-4-2-3-5-28(27)32-31(34-30(23-25)36(29)32)24-6-8-26(9-7-24)35-10-12-39-14-16-41-18-20-43-21-19-42-17-15-40-13-11-35/h2-9,22-23H,10-21H2,1H3. The van der Waals surface area contributed by atoms with Gasteiger partial charge >= 0.3 is 5.97 Å². The Kier molecular flexibility index (Phi) is 9.61. The van der Waals surface area contributed by atoms with Crippen LogP contribution in [0.1, 0.15) is 10.4 Å². The first-order valence-corrected chi connectivity index (χ1v) is 14.7. The maximum atomic E-state index is 12.4. The van der Waals surface area contributed by atoms with Crippen LogP contribution in [0, 0.1) is 0 Å². The number of imidazole rings is 1. The van der Waals surface area contributed by atoms with Gasteiger partial charge in [0, 0.05) is 35.1 Å². The van der Waals surface area contributed by atoms with Gasteiger partial charge in [0.15, 0.2) is 0 Å². The van der Waals surface area contributed by atoms with Crippen LogP contribution in [-0.4, -0.2) is 102 Å². The van der Waals surface area contributed by atoms with Gasteiger partial charge < -0.3 is 33.3 Å². The van der Waals surface area contributed by atoms with E-state index in [4.69, 9.17) is 33.4 Å². The largest absolute Gasteiger partial charge is 0.465 e. The van der Waals surface area contributed by atoms with Gasteiger partial charge in [-0.25, -0.2) is 9.78 Å². The summed E-state index contributed by atoms with van der Waals surface area (Å²) in [6.07, 6.45) is 0. The normalized spacial score (nSPS) is 17.3. The average molecular weight is 588 g/mol. The molecule has 1 fully saturated rings. The molecule has 0 unspecified atom stereocenters. The monoisotopic (exact) mass is 587 g/mol. The van der Waals surface area contributed by atoms with Crippen LogP contribution in [-0.2, 0) is 28.4 Å². The van der Waals surface area contributed by atoms with Crippen LogP contribution in [0.4, 0.5) is 5.69 Å². The maximum absolute atomic E-state index is 12.4. The van der Waals surface area contributed by atoms with Crippen molar-refractivity contribution in [3.05, 3.63) is 66.2 Å². The van der Waals surface area contributed by atoms with Crippen molar-refractivity contribution in [2.24, 2.45) is 0 Å². The molecule has 0 spiro atoms. The van der Waals surface area contributed by atoms with E-state index < -0.39 is 0 Å². The van der Waals surface area contributed by atoms with Crippen LogP contribution in [0.25, 0.3) is 38.7 Å². The average Bonchev–Trinajstić information content (AvgIpc) is 3.59. The van der Waals surface area contributed by atoms with Crippen LogP contribution in [0.5, 0.6) is 0 Å². The Labute approximate surface area is 250 Å². The first-order chi connectivity index (χ1) is 21.2. The third kappa shape index (κ3) is 6.58. The quantitative estimate of drug-likeness (QED) is 0.284. The molecule has 2 aromatic carbocycles. The molecule has 10 heteroatoms. The highest BCUT2D eigenvalue weighted by Gasteiger charge is 2.21. The number of anilines is 1. The predicted octanol–water partition coefficient (Wildman–Crippen LogP) is 4.44. The van der Waals surface area contributed by atoms with Crippen molar-refractivity contribution in [2.45, 2.75) is 0 Å². The zero-order valence-corrected chi connectivity index (χ0v) is 24.5. The fourth-order valence-corrected chi connectivity index (χ4v) is 5.50. The van der Waals surface area contributed by atoms with E-state index in [2.05, 4.69) is 45.7 Å². The highest BCUT2D eigenvalue weighted by atomic mass is 16.6. The number of hydrogen-bond donors (Lipinski definition) is 0. The van der Waals surface area contributed by atoms with Gasteiger partial charge in [-0.15, -0.1) is 0 Å². The molecule has 0 saturated carbocycles. The molecule has 6 rings (SSSR count). The Morgan fingerprint density at radius 1 is 0.721 bits per heavy atom. The zero-order chi connectivity index (χ0) is 29.4. The number of hydrogen-bond acceptors (Lipinski definition) is 9. The minimum atomic E-state index is -0.379. The second kappa shape index (κ2) is 14.1. The SMILES string of the molecule is COC(=O)c1cc2nc(-c3ccc(N4CCOCCOCCOCCOCCOCC4)cc3)c3c4ccccc4c(c1)n23. The first kappa shape index (κ1) is 29.3. The van der Waals surface area contributed by atoms with Gasteiger partial charge in [-0.05, 0) is 24.3 Å². The molecule has 1 aliphatic rings. The molecule has 226 valence electrons. The van der Waals surface area contributed by atoms with Gasteiger partial charge in [0.25, 0.3) is 0 Å². The molecule has 0 N–H and O–H groups in total. The Balaban J connectivity index is 1.24. The number of fused-ring (bicyclic) bond motifs is 3. The number of carbonyl (C=O) groups is 1. The molecule has 0 aliphatic carbocycles. The number of carbonyl (C=O) groups excluding carboxylic acids is 1. The minimum absolute atomic E-state index is 0.379. The minimum Gasteiger partial charge on any atom is -0.465 e. The Hall–Kier alpha value is -3.80. The summed E-state index contributed by atoms with van der Waals surface area (Å²) in [5, 5.41) is 2.16. The van der Waals surface area contributed by atoms with Crippen LogP contribution in [0.3, 0.4) is 0 Å². The second-order valence-electron chi connectivity index (χ2n) is 10.3. The Morgan fingerprint density at radius 3 is 1.86 bits per heavy atom. The number of rotatable bonds is 3. The topological polar surface area (TPSA) is 93.0 Å². The van der Waals surface area contributed by atoms with E-state index in [1.54, 1.807) is 6.07 Å². The lowest BCUT2D eigenvalue weighted by atomic mass is 10.1. The third-order valence-corrected chi connectivity index (χ3v) is 7.61. The van der Waals surface area contributed by atoms with Crippen molar-refractivity contribution >= 4 is 39.1 Å². The van der Waals surface area contributed by atoms with Gasteiger partial charge in [-0.1, -0.05) is 36.4 Å². The van der Waals surface area contributed by atoms with Crippen molar-refractivity contribution in [2.75, 3.05) is 91.2 Å². The van der Waals surface area contributed by atoms with E-state index in [9.17, 15) is 4.79 Å². The smallest absolute Gasteiger partial charge is 0.338 e. The van der Waals surface area contributed by atoms with Crippen molar-refractivity contribution in [1.29, 1.82) is 0 Å². The number of esters is 1. The number of aromatic nitrogens is 2. The summed E-state index contributed by atoms with van der Waals surface area (Å²) in [6.45, 7) is 6.88. The lowest BCUT2D eigenvalue weighted by Gasteiger charge is -2.25. The lowest BCUT2D eigenvalue weighted by Crippen LogP contribution is -2.31. The number of benzene rings is 2. The van der Waals surface area contributed by atoms with Crippen LogP contribution in [0.2, 0.25) is 0 Å². The van der Waals surface area contributed by atoms with E-state index in [0.717, 1.165) is 51.8 Å². The maximum Gasteiger partial charge on any atom is 0.338 e. The summed E-state index contributed by atoms with van der Waals surface area (Å²) in [5.41, 5.74) is 6.10. The Morgan fingerprint density at radius 2 is 1.28 bits per heavy atom. The summed E-state index contributed by atoms with van der Waals surface area (Å²) in [6, 6.07) is 20.3. The summed E-state index contributed by atoms with van der Waals surface area (Å²) >= 11 is 0. The molecule has 0 amide bonds. The van der Waals surface area contributed by atoms with Crippen molar-refractivity contribution in [3.63, 3.8) is 0 Å². The van der Waals surface area contributed by atoms with Gasteiger partial charge in [-0.2, -0.15) is 0 Å². The zero-order valence-electron chi connectivity index (χ0n) is 24.5. The highest BCUT2D eigenvalue weighted by Crippen LogP contribution is 2.38. The van der Waals surface area contributed by atoms with E-state index in [1.807, 2.05) is 18.2 Å². The molecule has 0 atom stereocenters. The van der Waals surface area contributed by atoms with Crippen molar-refractivity contribution in [3.8, 4) is 11.3 Å². The predicted molar refractivity (Wildman–Crippen MR) is 164 cm³/mol. The summed E-state index contributed by atoms with van der Waals surface area (Å²) in [5.74, 6) is -0.379. The van der Waals surface area contributed by atoms with Gasteiger partial charge in [-0.3, -0.25) is 4.40 Å². The molecule has 5 aromatic rings. The summed E-state index contributed by atoms with van der Waals surface area (Å²) < 4.78 is 35.5. The first-order valence-electron chi connectivity index (χ1n) is 14.7. The molecule has 3 aromatic heterocycles. The van der Waals surface area contributed by atoms with Crippen LogP contribution >= 0.6 is 0 Å². The molecular weight excluding hydrogens is 550 g/mol. The molecule has 0 radical (unpaired) electrons. The van der Waals surface area contributed by atoms with E-state index in [-0.39, 0.29) is 5.97 Å². The highest BCUT2D eigenvalue weighted by molar-refractivity contribution is 6.14. The molecule has 1 aliphatic heterocycles.